The molecular weight excluding hydrogens is 198 g/mol. The van der Waals surface area contributed by atoms with Gasteiger partial charge in [0.15, 0.2) is 5.78 Å². The molecule has 0 unspecified atom stereocenters. The highest BCUT2D eigenvalue weighted by atomic mass is 16.1. The van der Waals surface area contributed by atoms with Crippen LogP contribution in [0.25, 0.3) is 0 Å². The zero-order valence-corrected chi connectivity index (χ0v) is 9.18. The second-order valence-electron chi connectivity index (χ2n) is 3.78. The molecule has 2 rings (SSSR count). The van der Waals surface area contributed by atoms with Gasteiger partial charge in [-0.3, -0.25) is 9.78 Å². The summed E-state index contributed by atoms with van der Waals surface area (Å²) in [5.41, 5.74) is 2.74. The molecule has 0 aliphatic carbocycles. The monoisotopic (exact) mass is 211 g/mol. The fourth-order valence-corrected chi connectivity index (χ4v) is 1.66. The molecule has 2 heteroatoms. The quantitative estimate of drug-likeness (QED) is 0.731. The predicted octanol–water partition coefficient (Wildman–Crippen LogP) is 2.82. The largest absolute Gasteiger partial charge is 0.294 e. The van der Waals surface area contributed by atoms with E-state index in [2.05, 4.69) is 4.98 Å². The standard InChI is InChI=1S/C14H13NO/c1-11-10-15-8-7-13(11)14(16)9-12-5-3-2-4-6-12/h2-8,10H,9H2,1H3. The number of aryl methyl sites for hydroxylation is 1. The van der Waals surface area contributed by atoms with Gasteiger partial charge in [-0.15, -0.1) is 0 Å². The zero-order chi connectivity index (χ0) is 11.4. The van der Waals surface area contributed by atoms with Gasteiger partial charge in [-0.2, -0.15) is 0 Å². The SMILES string of the molecule is Cc1cnccc1C(=O)Cc1ccccc1. The van der Waals surface area contributed by atoms with Crippen molar-refractivity contribution in [1.29, 1.82) is 0 Å². The van der Waals surface area contributed by atoms with E-state index in [1.54, 1.807) is 18.5 Å². The number of carbonyl (C=O) groups excluding carboxylic acids is 1. The van der Waals surface area contributed by atoms with Gasteiger partial charge < -0.3 is 0 Å². The van der Waals surface area contributed by atoms with Gasteiger partial charge in [-0.05, 0) is 24.1 Å². The summed E-state index contributed by atoms with van der Waals surface area (Å²) in [5.74, 6) is 0.145. The summed E-state index contributed by atoms with van der Waals surface area (Å²) in [6.45, 7) is 1.91. The molecule has 2 nitrogen and oxygen atoms in total. The molecule has 0 radical (unpaired) electrons. The van der Waals surface area contributed by atoms with E-state index in [1.807, 2.05) is 37.3 Å². The number of Topliss-reactive ketones (excluding diaryl/α,β-unsaturated/α-hetero) is 1. The Kier molecular flexibility index (Phi) is 3.10. The second kappa shape index (κ2) is 4.71. The van der Waals surface area contributed by atoms with Gasteiger partial charge in [0, 0.05) is 24.4 Å². The summed E-state index contributed by atoms with van der Waals surface area (Å²) in [6, 6.07) is 11.6. The Morgan fingerprint density at radius 2 is 1.94 bits per heavy atom. The lowest BCUT2D eigenvalue weighted by atomic mass is 10.0. The molecule has 0 amide bonds. The van der Waals surface area contributed by atoms with Gasteiger partial charge in [-0.25, -0.2) is 0 Å². The third-order valence-electron chi connectivity index (χ3n) is 2.53. The molecule has 2 aromatic rings. The molecule has 80 valence electrons. The summed E-state index contributed by atoms with van der Waals surface area (Å²) in [4.78, 5) is 16.0. The van der Waals surface area contributed by atoms with E-state index in [0.717, 1.165) is 16.7 Å². The van der Waals surface area contributed by atoms with Gasteiger partial charge in [0.25, 0.3) is 0 Å². The van der Waals surface area contributed by atoms with Crippen molar-refractivity contribution in [1.82, 2.24) is 4.98 Å². The predicted molar refractivity (Wildman–Crippen MR) is 63.5 cm³/mol. The molecule has 0 fully saturated rings. The van der Waals surface area contributed by atoms with Crippen molar-refractivity contribution in [3.05, 3.63) is 65.5 Å². The summed E-state index contributed by atoms with van der Waals surface area (Å²) in [6.07, 6.45) is 3.83. The topological polar surface area (TPSA) is 30.0 Å². The van der Waals surface area contributed by atoms with Crippen LogP contribution in [0, 0.1) is 6.92 Å². The second-order valence-corrected chi connectivity index (χ2v) is 3.78. The van der Waals surface area contributed by atoms with Crippen LogP contribution in [0.1, 0.15) is 21.5 Å². The minimum atomic E-state index is 0.145. The number of pyridine rings is 1. The minimum absolute atomic E-state index is 0.145. The van der Waals surface area contributed by atoms with Gasteiger partial charge in [0.2, 0.25) is 0 Å². The molecule has 16 heavy (non-hydrogen) atoms. The highest BCUT2D eigenvalue weighted by Crippen LogP contribution is 2.10. The lowest BCUT2D eigenvalue weighted by Gasteiger charge is -2.03. The van der Waals surface area contributed by atoms with E-state index in [9.17, 15) is 4.79 Å². The third-order valence-corrected chi connectivity index (χ3v) is 2.53. The Morgan fingerprint density at radius 3 is 2.62 bits per heavy atom. The molecule has 0 N–H and O–H groups in total. The van der Waals surface area contributed by atoms with Crippen LogP contribution in [0.5, 0.6) is 0 Å². The summed E-state index contributed by atoms with van der Waals surface area (Å²) in [7, 11) is 0. The van der Waals surface area contributed by atoms with Crippen LogP contribution >= 0.6 is 0 Å². The van der Waals surface area contributed by atoms with Crippen LogP contribution in [-0.2, 0) is 6.42 Å². The van der Waals surface area contributed by atoms with E-state index in [4.69, 9.17) is 0 Å². The number of nitrogens with zero attached hydrogens (tertiary/aromatic N) is 1. The molecule has 0 atom stereocenters. The number of hydrogen-bond donors (Lipinski definition) is 0. The number of benzene rings is 1. The normalized spacial score (nSPS) is 10.1. The van der Waals surface area contributed by atoms with Gasteiger partial charge in [0.05, 0.1) is 0 Å². The van der Waals surface area contributed by atoms with Crippen molar-refractivity contribution in [3.8, 4) is 0 Å². The summed E-state index contributed by atoms with van der Waals surface area (Å²) < 4.78 is 0. The number of carbonyl (C=O) groups is 1. The highest BCUT2D eigenvalue weighted by molar-refractivity contribution is 5.98. The van der Waals surface area contributed by atoms with Gasteiger partial charge in [-0.1, -0.05) is 30.3 Å². The van der Waals surface area contributed by atoms with Crippen LogP contribution in [0.4, 0.5) is 0 Å². The van der Waals surface area contributed by atoms with Crippen LogP contribution in [0.3, 0.4) is 0 Å². The van der Waals surface area contributed by atoms with Crippen LogP contribution in [-0.4, -0.2) is 10.8 Å². The first-order chi connectivity index (χ1) is 7.77. The average molecular weight is 211 g/mol. The maximum atomic E-state index is 12.0. The van der Waals surface area contributed by atoms with E-state index in [-0.39, 0.29) is 5.78 Å². The van der Waals surface area contributed by atoms with E-state index < -0.39 is 0 Å². The molecule has 0 bridgehead atoms. The van der Waals surface area contributed by atoms with Crippen molar-refractivity contribution < 1.29 is 4.79 Å². The van der Waals surface area contributed by atoms with E-state index >= 15 is 0 Å². The van der Waals surface area contributed by atoms with E-state index in [1.165, 1.54) is 0 Å². The molecule has 1 aromatic heterocycles. The van der Waals surface area contributed by atoms with Crippen LogP contribution in [0.2, 0.25) is 0 Å². The molecule has 0 saturated carbocycles. The fraction of sp³-hybridized carbons (Fsp3) is 0.143. The molecule has 0 aliphatic rings. The molecule has 0 aliphatic heterocycles. The first kappa shape index (κ1) is 10.6. The number of aromatic nitrogens is 1. The number of hydrogen-bond acceptors (Lipinski definition) is 2. The van der Waals surface area contributed by atoms with Crippen LogP contribution in [0.15, 0.2) is 48.8 Å². The molecule has 0 spiro atoms. The third kappa shape index (κ3) is 2.34. The maximum Gasteiger partial charge on any atom is 0.167 e. The summed E-state index contributed by atoms with van der Waals surface area (Å²) >= 11 is 0. The molecule has 0 saturated heterocycles. The Balaban J connectivity index is 2.19. The van der Waals surface area contributed by atoms with Crippen molar-refractivity contribution in [2.45, 2.75) is 13.3 Å². The highest BCUT2D eigenvalue weighted by Gasteiger charge is 2.08. The van der Waals surface area contributed by atoms with Crippen molar-refractivity contribution >= 4 is 5.78 Å². The van der Waals surface area contributed by atoms with Crippen molar-refractivity contribution in [3.63, 3.8) is 0 Å². The molecular formula is C14H13NO. The number of rotatable bonds is 3. The lowest BCUT2D eigenvalue weighted by molar-refractivity contribution is 0.0992. The zero-order valence-electron chi connectivity index (χ0n) is 9.18. The molecule has 1 aromatic carbocycles. The Bertz CT molecular complexity index is 491. The van der Waals surface area contributed by atoms with Crippen molar-refractivity contribution in [2.24, 2.45) is 0 Å². The Morgan fingerprint density at radius 1 is 1.19 bits per heavy atom. The first-order valence-electron chi connectivity index (χ1n) is 5.25. The smallest absolute Gasteiger partial charge is 0.167 e. The lowest BCUT2D eigenvalue weighted by Crippen LogP contribution is -2.05. The minimum Gasteiger partial charge on any atom is -0.294 e. The van der Waals surface area contributed by atoms with E-state index in [0.29, 0.717) is 6.42 Å². The van der Waals surface area contributed by atoms with Crippen LogP contribution < -0.4 is 0 Å². The molecule has 1 heterocycles. The number of ketones is 1. The maximum absolute atomic E-state index is 12.0. The average Bonchev–Trinajstić information content (AvgIpc) is 2.31. The Labute approximate surface area is 95.0 Å². The first-order valence-corrected chi connectivity index (χ1v) is 5.25. The van der Waals surface area contributed by atoms with Gasteiger partial charge >= 0.3 is 0 Å². The Hall–Kier alpha value is -1.96. The fourth-order valence-electron chi connectivity index (χ4n) is 1.66. The summed E-state index contributed by atoms with van der Waals surface area (Å²) in [5, 5.41) is 0. The van der Waals surface area contributed by atoms with Crippen molar-refractivity contribution in [2.75, 3.05) is 0 Å². The van der Waals surface area contributed by atoms with Gasteiger partial charge in [0.1, 0.15) is 0 Å².